The van der Waals surface area contributed by atoms with Crippen molar-refractivity contribution >= 4 is 0 Å². The standard InChI is InChI=1S/4C21H36O5.Zr/c4*1-5-8-14-23-17-21(4,26-22)20-18(24-15-9-6-2)12-11-13-19(20)25-16-10-7-3;/h4*11-13,22H,5-10,14-17H2,1-4H3;/q;;;;+4/p-4. The minimum Gasteiger partial charge on any atom is -0.723 e. The molecule has 4 rings (SSSR count). The summed E-state index contributed by atoms with van der Waals surface area (Å²) < 4.78 is 70.4. The third kappa shape index (κ3) is 39.2. The topological polar surface area (TPSA) is 240 Å². The van der Waals surface area contributed by atoms with E-state index in [9.17, 15) is 21.0 Å². The molecule has 0 N–H and O–H groups in total. The van der Waals surface area contributed by atoms with Crippen molar-refractivity contribution in [3.05, 3.63) is 95.1 Å². The molecule has 0 aromatic heterocycles. The van der Waals surface area contributed by atoms with Crippen molar-refractivity contribution in [1.29, 1.82) is 0 Å². The monoisotopic (exact) mass is 1560 g/mol. The zero-order chi connectivity index (χ0) is 77.0. The van der Waals surface area contributed by atoms with E-state index >= 15 is 0 Å². The second-order valence-electron chi connectivity index (χ2n) is 27.0. The van der Waals surface area contributed by atoms with Crippen LogP contribution in [0.4, 0.5) is 0 Å². The molecule has 0 bridgehead atoms. The second kappa shape index (κ2) is 63.5. The summed E-state index contributed by atoms with van der Waals surface area (Å²) in [6.07, 6.45) is 23.8. The molecular formula is C84H140O20Zr. The summed E-state index contributed by atoms with van der Waals surface area (Å²) in [4.78, 5) is 18.7. The van der Waals surface area contributed by atoms with E-state index in [0.717, 1.165) is 154 Å². The molecule has 0 heterocycles. The largest absolute Gasteiger partial charge is 4.00 e. The van der Waals surface area contributed by atoms with E-state index in [1.165, 1.54) is 0 Å². The minimum absolute atomic E-state index is 0. The van der Waals surface area contributed by atoms with Gasteiger partial charge in [0.25, 0.3) is 0 Å². The molecule has 0 aliphatic rings. The number of ether oxygens (including phenoxy) is 12. The van der Waals surface area contributed by atoms with Crippen LogP contribution < -0.4 is 58.9 Å². The number of unbranched alkanes of at least 4 members (excludes halogenated alkanes) is 12. The Hall–Kier alpha value is -4.32. The van der Waals surface area contributed by atoms with E-state index in [1.807, 2.05) is 72.8 Å². The van der Waals surface area contributed by atoms with Crippen LogP contribution in [-0.4, -0.2) is 106 Å². The molecular weight excluding hydrogens is 1420 g/mol. The zero-order valence-electron chi connectivity index (χ0n) is 67.9. The van der Waals surface area contributed by atoms with Crippen LogP contribution in [0.15, 0.2) is 72.8 Å². The molecule has 0 aliphatic heterocycles. The molecule has 0 spiro atoms. The fraction of sp³-hybridized carbons (Fsp3) is 0.714. The molecule has 4 aromatic carbocycles. The van der Waals surface area contributed by atoms with Crippen molar-refractivity contribution in [3.8, 4) is 46.0 Å². The molecule has 0 fully saturated rings. The maximum Gasteiger partial charge on any atom is 4.00 e. The first-order chi connectivity index (χ1) is 50.5. The fourth-order valence-electron chi connectivity index (χ4n) is 10.3. The number of benzene rings is 4. The van der Waals surface area contributed by atoms with Crippen LogP contribution in [0.25, 0.3) is 0 Å². The normalized spacial score (nSPS) is 13.3. The molecule has 105 heavy (non-hydrogen) atoms. The Morgan fingerprint density at radius 2 is 0.343 bits per heavy atom. The average Bonchev–Trinajstić information content (AvgIpc) is 0.816. The predicted octanol–water partition coefficient (Wildman–Crippen LogP) is 17.5. The summed E-state index contributed by atoms with van der Waals surface area (Å²) in [6, 6.07) is 22.4. The maximum atomic E-state index is 11.7. The van der Waals surface area contributed by atoms with Gasteiger partial charge in [-0.15, -0.1) is 0 Å². The number of hydrogen-bond donors (Lipinski definition) is 0. The van der Waals surface area contributed by atoms with Crippen molar-refractivity contribution in [2.75, 3.05) is 106 Å². The summed E-state index contributed by atoms with van der Waals surface area (Å²) in [7, 11) is 0. The Labute approximate surface area is 653 Å². The molecule has 0 aliphatic carbocycles. The summed E-state index contributed by atoms with van der Waals surface area (Å²) in [5, 5.41) is 46.8. The Kier molecular flexibility index (Phi) is 60.8. The zero-order valence-corrected chi connectivity index (χ0v) is 70.3. The summed E-state index contributed by atoms with van der Waals surface area (Å²) in [6.45, 7) is 40.0. The molecule has 0 amide bonds. The van der Waals surface area contributed by atoms with E-state index < -0.39 is 22.4 Å². The van der Waals surface area contributed by atoms with Crippen LogP contribution in [0.1, 0.15) is 287 Å². The van der Waals surface area contributed by atoms with Gasteiger partial charge < -0.3 is 97.4 Å². The van der Waals surface area contributed by atoms with Gasteiger partial charge in [-0.25, -0.2) is 0 Å². The van der Waals surface area contributed by atoms with E-state index in [0.29, 0.717) is 148 Å². The van der Waals surface area contributed by atoms with Gasteiger partial charge in [0, 0.05) is 26.4 Å². The maximum absolute atomic E-state index is 11.7. The van der Waals surface area contributed by atoms with Crippen LogP contribution >= 0.6 is 0 Å². The van der Waals surface area contributed by atoms with Gasteiger partial charge in [-0.1, -0.05) is 184 Å². The van der Waals surface area contributed by atoms with E-state index in [-0.39, 0.29) is 52.6 Å². The Morgan fingerprint density at radius 3 is 0.457 bits per heavy atom. The molecule has 600 valence electrons. The van der Waals surface area contributed by atoms with Crippen LogP contribution in [0, 0.1) is 0 Å². The van der Waals surface area contributed by atoms with Crippen molar-refractivity contribution < 1.29 is 124 Å². The summed E-state index contributed by atoms with van der Waals surface area (Å²) >= 11 is 0. The van der Waals surface area contributed by atoms with Gasteiger partial charge in [0.15, 0.2) is 0 Å². The van der Waals surface area contributed by atoms with Crippen molar-refractivity contribution in [2.45, 2.75) is 287 Å². The SMILES string of the molecule is CCCCOCC(C)(O[O-])c1c(OCCCC)cccc1OCCCC.CCCCOCC(C)(O[O-])c1c(OCCCC)cccc1OCCCC.CCCCOCC(C)(O[O-])c1c(OCCCC)cccc1OCCCC.CCCCOCC(C)(O[O-])c1c(OCCCC)cccc1OCCCC.[Zr+4]. The summed E-state index contributed by atoms with van der Waals surface area (Å²) in [5.74, 6) is 5.04. The van der Waals surface area contributed by atoms with Gasteiger partial charge in [-0.3, -0.25) is 0 Å². The van der Waals surface area contributed by atoms with Gasteiger partial charge in [0.1, 0.15) is 68.4 Å². The quantitative estimate of drug-likeness (QED) is 0.0227. The van der Waals surface area contributed by atoms with Crippen LogP contribution in [-0.2, 0) is 87.1 Å². The van der Waals surface area contributed by atoms with Gasteiger partial charge in [0.2, 0.25) is 0 Å². The first-order valence-electron chi connectivity index (χ1n) is 39.6. The Morgan fingerprint density at radius 1 is 0.219 bits per heavy atom. The smallest absolute Gasteiger partial charge is 0.723 e. The van der Waals surface area contributed by atoms with E-state index in [1.54, 1.807) is 27.7 Å². The van der Waals surface area contributed by atoms with Gasteiger partial charge in [-0.2, -0.15) is 0 Å². The van der Waals surface area contributed by atoms with Crippen LogP contribution in [0.5, 0.6) is 46.0 Å². The average molecular weight is 1560 g/mol. The predicted molar refractivity (Wildman–Crippen MR) is 406 cm³/mol. The molecule has 4 unspecified atom stereocenters. The minimum atomic E-state index is -1.17. The van der Waals surface area contributed by atoms with Gasteiger partial charge >= 0.3 is 26.2 Å². The van der Waals surface area contributed by atoms with E-state index in [2.05, 4.69) is 103 Å². The summed E-state index contributed by atoms with van der Waals surface area (Å²) in [5.41, 5.74) is -2.12. The molecule has 21 heteroatoms. The van der Waals surface area contributed by atoms with Crippen molar-refractivity contribution in [3.63, 3.8) is 0 Å². The molecule has 0 saturated carbocycles. The first-order valence-corrected chi connectivity index (χ1v) is 39.6. The molecule has 4 atom stereocenters. The number of rotatable bonds is 60. The molecule has 20 nitrogen and oxygen atoms in total. The van der Waals surface area contributed by atoms with Crippen molar-refractivity contribution in [2.24, 2.45) is 0 Å². The molecule has 4 aromatic rings. The van der Waals surface area contributed by atoms with Gasteiger partial charge in [0.05, 0.1) is 102 Å². The number of hydrogen-bond acceptors (Lipinski definition) is 20. The molecule has 0 saturated heterocycles. The van der Waals surface area contributed by atoms with Gasteiger partial charge in [-0.05, 0) is 153 Å². The second-order valence-corrected chi connectivity index (χ2v) is 27.0. The van der Waals surface area contributed by atoms with E-state index in [4.69, 9.17) is 56.8 Å². The first kappa shape index (κ1) is 101. The Balaban J connectivity index is 0.00000137. The Bertz CT molecular complexity index is 2220. The third-order valence-corrected chi connectivity index (χ3v) is 16.9. The van der Waals surface area contributed by atoms with Crippen LogP contribution in [0.3, 0.4) is 0 Å². The third-order valence-electron chi connectivity index (χ3n) is 16.9. The van der Waals surface area contributed by atoms with Crippen LogP contribution in [0.2, 0.25) is 0 Å². The molecule has 0 radical (unpaired) electrons. The van der Waals surface area contributed by atoms with Crippen molar-refractivity contribution in [1.82, 2.24) is 0 Å². The fourth-order valence-corrected chi connectivity index (χ4v) is 10.3.